The van der Waals surface area contributed by atoms with E-state index in [-0.39, 0.29) is 5.78 Å². The van der Waals surface area contributed by atoms with Crippen LogP contribution in [0, 0.1) is 13.8 Å². The van der Waals surface area contributed by atoms with Gasteiger partial charge in [0, 0.05) is 0 Å². The first-order valence-corrected chi connectivity index (χ1v) is 3.89. The molecule has 0 radical (unpaired) electrons. The number of carbonyl (C=O) groups excluding carboxylic acids is 1. The summed E-state index contributed by atoms with van der Waals surface area (Å²) in [6.45, 7) is 5.45. The van der Waals surface area contributed by atoms with Crippen LogP contribution in [0.3, 0.4) is 0 Å². The predicted molar refractivity (Wildman–Crippen MR) is 47.3 cm³/mol. The van der Waals surface area contributed by atoms with Crippen molar-refractivity contribution in [2.75, 3.05) is 0 Å². The summed E-state index contributed by atoms with van der Waals surface area (Å²) in [6, 6.07) is 1.76. The van der Waals surface area contributed by atoms with Gasteiger partial charge < -0.3 is 4.42 Å². The van der Waals surface area contributed by atoms with Crippen LogP contribution in [0.5, 0.6) is 0 Å². The van der Waals surface area contributed by atoms with Crippen LogP contribution in [0.1, 0.15) is 28.8 Å². The molecule has 0 saturated heterocycles. The maximum Gasteiger partial charge on any atom is 0.189 e. The normalized spacial score (nSPS) is 10.9. The van der Waals surface area contributed by atoms with E-state index in [0.29, 0.717) is 11.3 Å². The maximum absolute atomic E-state index is 11.3. The van der Waals surface area contributed by atoms with Crippen LogP contribution < -0.4 is 0 Å². The van der Waals surface area contributed by atoms with E-state index in [0.717, 1.165) is 5.76 Å². The summed E-state index contributed by atoms with van der Waals surface area (Å²) in [5.74, 6) is 1.47. The molecular formula is C10H12O2. The fourth-order valence-corrected chi connectivity index (χ4v) is 1.12. The molecule has 0 aliphatic carbocycles. The van der Waals surface area contributed by atoms with Crippen LogP contribution >= 0.6 is 0 Å². The Morgan fingerprint density at radius 1 is 1.50 bits per heavy atom. The molecule has 0 bridgehead atoms. The molecule has 2 nitrogen and oxygen atoms in total. The third kappa shape index (κ3) is 1.64. The third-order valence-corrected chi connectivity index (χ3v) is 1.62. The van der Waals surface area contributed by atoms with E-state index in [4.69, 9.17) is 4.42 Å². The topological polar surface area (TPSA) is 30.2 Å². The van der Waals surface area contributed by atoms with Crippen molar-refractivity contribution < 1.29 is 9.21 Å². The van der Waals surface area contributed by atoms with E-state index in [1.807, 2.05) is 13.8 Å². The van der Waals surface area contributed by atoms with Gasteiger partial charge in [-0.3, -0.25) is 4.79 Å². The Labute approximate surface area is 71.9 Å². The highest BCUT2D eigenvalue weighted by Gasteiger charge is 2.09. The van der Waals surface area contributed by atoms with Gasteiger partial charge in [-0.25, -0.2) is 0 Å². The van der Waals surface area contributed by atoms with Gasteiger partial charge in [-0.05, 0) is 32.9 Å². The molecule has 1 aromatic heterocycles. The SMILES string of the molecule is CC=CC(=O)c1cc(C)oc1C. The number of aryl methyl sites for hydroxylation is 2. The number of hydrogen-bond donors (Lipinski definition) is 0. The fourth-order valence-electron chi connectivity index (χ4n) is 1.12. The number of furan rings is 1. The molecule has 0 aromatic carbocycles. The second-order valence-corrected chi connectivity index (χ2v) is 2.69. The minimum atomic E-state index is 0.00634. The number of allylic oxidation sites excluding steroid dienone is 2. The first-order valence-electron chi connectivity index (χ1n) is 3.89. The van der Waals surface area contributed by atoms with Crippen molar-refractivity contribution in [2.45, 2.75) is 20.8 Å². The molecule has 1 aromatic rings. The van der Waals surface area contributed by atoms with Gasteiger partial charge >= 0.3 is 0 Å². The molecule has 2 heteroatoms. The lowest BCUT2D eigenvalue weighted by molar-refractivity contribution is 0.104. The van der Waals surface area contributed by atoms with Crippen LogP contribution in [0.15, 0.2) is 22.6 Å². The smallest absolute Gasteiger partial charge is 0.189 e. The number of hydrogen-bond acceptors (Lipinski definition) is 2. The third-order valence-electron chi connectivity index (χ3n) is 1.62. The van der Waals surface area contributed by atoms with E-state index in [1.165, 1.54) is 6.08 Å². The Morgan fingerprint density at radius 3 is 2.58 bits per heavy atom. The maximum atomic E-state index is 11.3. The van der Waals surface area contributed by atoms with Gasteiger partial charge in [-0.2, -0.15) is 0 Å². The van der Waals surface area contributed by atoms with E-state index in [1.54, 1.807) is 19.1 Å². The molecule has 0 atom stereocenters. The minimum absolute atomic E-state index is 0.00634. The highest BCUT2D eigenvalue weighted by atomic mass is 16.3. The van der Waals surface area contributed by atoms with Crippen LogP contribution in [0.4, 0.5) is 0 Å². The Hall–Kier alpha value is -1.31. The fraction of sp³-hybridized carbons (Fsp3) is 0.300. The lowest BCUT2D eigenvalue weighted by atomic mass is 10.1. The lowest BCUT2D eigenvalue weighted by Gasteiger charge is -1.89. The second-order valence-electron chi connectivity index (χ2n) is 2.69. The molecule has 0 aliphatic rings. The summed E-state index contributed by atoms with van der Waals surface area (Å²) >= 11 is 0. The summed E-state index contributed by atoms with van der Waals surface area (Å²) in [6.07, 6.45) is 3.27. The van der Waals surface area contributed by atoms with Gasteiger partial charge in [0.05, 0.1) is 5.56 Å². The Balaban J connectivity index is 3.02. The van der Waals surface area contributed by atoms with Crippen LogP contribution in [0.25, 0.3) is 0 Å². The molecule has 0 fully saturated rings. The van der Waals surface area contributed by atoms with Gasteiger partial charge in [-0.15, -0.1) is 0 Å². The zero-order valence-electron chi connectivity index (χ0n) is 7.55. The summed E-state index contributed by atoms with van der Waals surface area (Å²) in [5, 5.41) is 0. The summed E-state index contributed by atoms with van der Waals surface area (Å²) in [5.41, 5.74) is 0.658. The van der Waals surface area contributed by atoms with E-state index in [9.17, 15) is 4.79 Å². The quantitative estimate of drug-likeness (QED) is 0.497. The van der Waals surface area contributed by atoms with Crippen LogP contribution in [0.2, 0.25) is 0 Å². The molecule has 0 unspecified atom stereocenters. The standard InChI is InChI=1S/C10H12O2/c1-4-5-10(11)9-6-7(2)12-8(9)3/h4-6H,1-3H3. The number of carbonyl (C=O) groups is 1. The summed E-state index contributed by atoms with van der Waals surface area (Å²) < 4.78 is 5.23. The zero-order valence-corrected chi connectivity index (χ0v) is 7.55. The molecule has 0 saturated carbocycles. The Bertz CT molecular complexity index is 319. The van der Waals surface area contributed by atoms with Gasteiger partial charge in [0.15, 0.2) is 5.78 Å². The Morgan fingerprint density at radius 2 is 2.17 bits per heavy atom. The van der Waals surface area contributed by atoms with E-state index in [2.05, 4.69) is 0 Å². The van der Waals surface area contributed by atoms with Crippen molar-refractivity contribution >= 4 is 5.78 Å². The van der Waals surface area contributed by atoms with Gasteiger partial charge in [0.2, 0.25) is 0 Å². The molecule has 0 N–H and O–H groups in total. The van der Waals surface area contributed by atoms with Gasteiger partial charge in [0.25, 0.3) is 0 Å². The molecule has 0 amide bonds. The van der Waals surface area contributed by atoms with E-state index < -0.39 is 0 Å². The number of ketones is 1. The molecule has 1 heterocycles. The molecule has 1 rings (SSSR count). The molecule has 0 spiro atoms. The van der Waals surface area contributed by atoms with E-state index >= 15 is 0 Å². The van der Waals surface area contributed by atoms with Crippen molar-refractivity contribution in [3.05, 3.63) is 35.3 Å². The van der Waals surface area contributed by atoms with Crippen molar-refractivity contribution in [3.8, 4) is 0 Å². The molecule has 12 heavy (non-hydrogen) atoms. The first kappa shape index (κ1) is 8.78. The molecule has 64 valence electrons. The molecule has 0 aliphatic heterocycles. The minimum Gasteiger partial charge on any atom is -0.466 e. The monoisotopic (exact) mass is 164 g/mol. The van der Waals surface area contributed by atoms with Crippen molar-refractivity contribution in [1.29, 1.82) is 0 Å². The highest BCUT2D eigenvalue weighted by molar-refractivity contribution is 6.05. The lowest BCUT2D eigenvalue weighted by Crippen LogP contribution is -1.93. The first-order chi connectivity index (χ1) is 5.65. The highest BCUT2D eigenvalue weighted by Crippen LogP contribution is 2.14. The largest absolute Gasteiger partial charge is 0.466 e. The average molecular weight is 164 g/mol. The van der Waals surface area contributed by atoms with Crippen molar-refractivity contribution in [3.63, 3.8) is 0 Å². The summed E-state index contributed by atoms with van der Waals surface area (Å²) in [7, 11) is 0. The van der Waals surface area contributed by atoms with Gasteiger partial charge in [-0.1, -0.05) is 6.08 Å². The molecular weight excluding hydrogens is 152 g/mol. The van der Waals surface area contributed by atoms with Gasteiger partial charge in [0.1, 0.15) is 11.5 Å². The van der Waals surface area contributed by atoms with Crippen molar-refractivity contribution in [2.24, 2.45) is 0 Å². The van der Waals surface area contributed by atoms with Crippen LogP contribution in [-0.4, -0.2) is 5.78 Å². The predicted octanol–water partition coefficient (Wildman–Crippen LogP) is 2.66. The van der Waals surface area contributed by atoms with Crippen molar-refractivity contribution in [1.82, 2.24) is 0 Å². The second kappa shape index (κ2) is 3.39. The van der Waals surface area contributed by atoms with Crippen LogP contribution in [-0.2, 0) is 0 Å². The zero-order chi connectivity index (χ0) is 9.14. The average Bonchev–Trinajstić information content (AvgIpc) is 2.30. The summed E-state index contributed by atoms with van der Waals surface area (Å²) in [4.78, 5) is 11.3. The number of rotatable bonds is 2. The Kier molecular flexibility index (Phi) is 2.48.